The van der Waals surface area contributed by atoms with Crippen LogP contribution in [0.1, 0.15) is 15.2 Å². The number of hydrogen-bond acceptors (Lipinski definition) is 4. The van der Waals surface area contributed by atoms with Crippen molar-refractivity contribution in [2.24, 2.45) is 0 Å². The van der Waals surface area contributed by atoms with Crippen molar-refractivity contribution < 1.29 is 14.3 Å². The normalized spacial score (nSPS) is 14.1. The fourth-order valence-electron chi connectivity index (χ4n) is 2.10. The van der Waals surface area contributed by atoms with Crippen LogP contribution < -0.4 is 10.2 Å². The number of nitrogens with zero attached hydrogens (tertiary/aromatic N) is 1. The molecule has 0 saturated carbocycles. The van der Waals surface area contributed by atoms with Crippen molar-refractivity contribution in [3.63, 3.8) is 0 Å². The molecule has 6 heteroatoms. The number of ether oxygens (including phenoxy) is 1. The van der Waals surface area contributed by atoms with E-state index in [1.807, 2.05) is 17.5 Å². The molecule has 1 fully saturated rings. The molecular formula is C15H14N2O3S. The second-order valence-corrected chi connectivity index (χ2v) is 5.61. The van der Waals surface area contributed by atoms with E-state index in [4.69, 9.17) is 4.74 Å². The van der Waals surface area contributed by atoms with Gasteiger partial charge in [-0.15, -0.1) is 11.3 Å². The summed E-state index contributed by atoms with van der Waals surface area (Å²) in [6.45, 7) is 1.47. The number of thiophene rings is 1. The predicted octanol–water partition coefficient (Wildman–Crippen LogP) is 2.63. The maximum Gasteiger partial charge on any atom is 0.414 e. The summed E-state index contributed by atoms with van der Waals surface area (Å²) >= 11 is 1.61. The van der Waals surface area contributed by atoms with E-state index in [0.717, 1.165) is 10.6 Å². The zero-order valence-electron chi connectivity index (χ0n) is 11.2. The molecule has 2 aromatic rings. The Morgan fingerprint density at radius 1 is 1.29 bits per heavy atom. The minimum Gasteiger partial charge on any atom is -0.447 e. The molecule has 1 aromatic carbocycles. The average Bonchev–Trinajstić information content (AvgIpc) is 3.16. The minimum absolute atomic E-state index is 0.126. The Hall–Kier alpha value is -2.34. The standard InChI is InChI=1S/C15H14N2O3S/c18-14(16-10-13-2-1-9-21-13)11-3-5-12(6-4-11)17-7-8-20-15(17)19/h1-6,9H,7-8,10H2,(H,16,18). The Bertz CT molecular complexity index is 637. The molecule has 2 amide bonds. The van der Waals surface area contributed by atoms with E-state index in [9.17, 15) is 9.59 Å². The van der Waals surface area contributed by atoms with Crippen LogP contribution in [0.15, 0.2) is 41.8 Å². The number of carbonyl (C=O) groups excluding carboxylic acids is 2. The van der Waals surface area contributed by atoms with Gasteiger partial charge in [0.25, 0.3) is 5.91 Å². The molecule has 1 N–H and O–H groups in total. The Morgan fingerprint density at radius 3 is 2.71 bits per heavy atom. The first-order valence-corrected chi connectivity index (χ1v) is 7.47. The monoisotopic (exact) mass is 302 g/mol. The molecule has 0 spiro atoms. The van der Waals surface area contributed by atoms with Gasteiger partial charge in [0, 0.05) is 16.1 Å². The third-order valence-electron chi connectivity index (χ3n) is 3.21. The zero-order chi connectivity index (χ0) is 14.7. The molecule has 0 radical (unpaired) electrons. The largest absolute Gasteiger partial charge is 0.447 e. The highest BCUT2D eigenvalue weighted by atomic mass is 32.1. The molecule has 21 heavy (non-hydrogen) atoms. The number of rotatable bonds is 4. The van der Waals surface area contributed by atoms with E-state index in [1.165, 1.54) is 0 Å². The average molecular weight is 302 g/mol. The highest BCUT2D eigenvalue weighted by Crippen LogP contribution is 2.19. The number of carbonyl (C=O) groups is 2. The zero-order valence-corrected chi connectivity index (χ0v) is 12.1. The van der Waals surface area contributed by atoms with E-state index < -0.39 is 0 Å². The van der Waals surface area contributed by atoms with Crippen LogP contribution in [0.5, 0.6) is 0 Å². The lowest BCUT2D eigenvalue weighted by Crippen LogP contribution is -2.24. The molecule has 0 bridgehead atoms. The van der Waals surface area contributed by atoms with Crippen LogP contribution in [0, 0.1) is 0 Å². The van der Waals surface area contributed by atoms with Crippen LogP contribution in [0.25, 0.3) is 0 Å². The maximum absolute atomic E-state index is 12.0. The summed E-state index contributed by atoms with van der Waals surface area (Å²) in [4.78, 5) is 26.1. The number of anilines is 1. The highest BCUT2D eigenvalue weighted by Gasteiger charge is 2.23. The number of cyclic esters (lactones) is 1. The Balaban J connectivity index is 1.63. The fourth-order valence-corrected chi connectivity index (χ4v) is 2.75. The summed E-state index contributed by atoms with van der Waals surface area (Å²) in [5.74, 6) is -0.126. The van der Waals surface area contributed by atoms with Crippen LogP contribution in [-0.4, -0.2) is 25.2 Å². The third kappa shape index (κ3) is 3.05. The van der Waals surface area contributed by atoms with Crippen molar-refractivity contribution in [3.8, 4) is 0 Å². The van der Waals surface area contributed by atoms with Crippen molar-refractivity contribution in [1.82, 2.24) is 5.32 Å². The number of benzene rings is 1. The lowest BCUT2D eigenvalue weighted by molar-refractivity contribution is 0.0951. The molecule has 1 aliphatic rings. The van der Waals surface area contributed by atoms with Gasteiger partial charge in [-0.1, -0.05) is 6.07 Å². The van der Waals surface area contributed by atoms with Gasteiger partial charge in [-0.25, -0.2) is 4.79 Å². The Kier molecular flexibility index (Phi) is 3.87. The van der Waals surface area contributed by atoms with Gasteiger partial charge < -0.3 is 10.1 Å². The topological polar surface area (TPSA) is 58.6 Å². The summed E-state index contributed by atoms with van der Waals surface area (Å²) in [6, 6.07) is 10.9. The van der Waals surface area contributed by atoms with Gasteiger partial charge in [0.15, 0.2) is 0 Å². The Morgan fingerprint density at radius 2 is 2.10 bits per heavy atom. The minimum atomic E-state index is -0.343. The molecule has 0 atom stereocenters. The van der Waals surface area contributed by atoms with Crippen LogP contribution >= 0.6 is 11.3 Å². The van der Waals surface area contributed by atoms with Crippen molar-refractivity contribution in [1.29, 1.82) is 0 Å². The first-order chi connectivity index (χ1) is 10.2. The van der Waals surface area contributed by atoms with E-state index >= 15 is 0 Å². The van der Waals surface area contributed by atoms with Gasteiger partial charge in [0.05, 0.1) is 13.1 Å². The van der Waals surface area contributed by atoms with Gasteiger partial charge in [-0.05, 0) is 35.7 Å². The second kappa shape index (κ2) is 5.97. The summed E-state index contributed by atoms with van der Waals surface area (Å²) in [7, 11) is 0. The summed E-state index contributed by atoms with van der Waals surface area (Å²) in [6.07, 6.45) is -0.343. The van der Waals surface area contributed by atoms with Gasteiger partial charge in [-0.3, -0.25) is 9.69 Å². The number of amides is 2. The summed E-state index contributed by atoms with van der Waals surface area (Å²) in [5.41, 5.74) is 1.31. The van der Waals surface area contributed by atoms with Crippen molar-refractivity contribution in [3.05, 3.63) is 52.2 Å². The molecule has 108 valence electrons. The van der Waals surface area contributed by atoms with Gasteiger partial charge in [0.1, 0.15) is 6.61 Å². The summed E-state index contributed by atoms with van der Waals surface area (Å²) < 4.78 is 4.89. The quantitative estimate of drug-likeness (QED) is 0.944. The second-order valence-electron chi connectivity index (χ2n) is 4.57. The van der Waals surface area contributed by atoms with E-state index in [2.05, 4.69) is 5.32 Å². The molecule has 0 aliphatic carbocycles. The van der Waals surface area contributed by atoms with Crippen LogP contribution in [-0.2, 0) is 11.3 Å². The molecule has 5 nitrogen and oxygen atoms in total. The van der Waals surface area contributed by atoms with Crippen molar-refractivity contribution in [2.45, 2.75) is 6.54 Å². The van der Waals surface area contributed by atoms with Crippen LogP contribution in [0.4, 0.5) is 10.5 Å². The van der Waals surface area contributed by atoms with Crippen molar-refractivity contribution in [2.75, 3.05) is 18.1 Å². The van der Waals surface area contributed by atoms with Crippen molar-refractivity contribution >= 4 is 29.0 Å². The first-order valence-electron chi connectivity index (χ1n) is 6.59. The Labute approximate surface area is 126 Å². The lowest BCUT2D eigenvalue weighted by Gasteiger charge is -2.12. The lowest BCUT2D eigenvalue weighted by atomic mass is 10.2. The van der Waals surface area contributed by atoms with Crippen LogP contribution in [0.3, 0.4) is 0 Å². The van der Waals surface area contributed by atoms with Gasteiger partial charge in [-0.2, -0.15) is 0 Å². The molecule has 2 heterocycles. The third-order valence-corrected chi connectivity index (χ3v) is 4.08. The van der Waals surface area contributed by atoms with E-state index in [1.54, 1.807) is 40.5 Å². The maximum atomic E-state index is 12.0. The molecule has 1 aromatic heterocycles. The van der Waals surface area contributed by atoms with E-state index in [-0.39, 0.29) is 12.0 Å². The molecule has 1 aliphatic heterocycles. The predicted molar refractivity (Wildman–Crippen MR) is 80.6 cm³/mol. The smallest absolute Gasteiger partial charge is 0.414 e. The summed E-state index contributed by atoms with van der Waals surface area (Å²) in [5, 5.41) is 4.84. The fraction of sp³-hybridized carbons (Fsp3) is 0.200. The van der Waals surface area contributed by atoms with E-state index in [0.29, 0.717) is 25.3 Å². The first kappa shape index (κ1) is 13.6. The van der Waals surface area contributed by atoms with Gasteiger partial charge >= 0.3 is 6.09 Å². The number of hydrogen-bond donors (Lipinski definition) is 1. The highest BCUT2D eigenvalue weighted by molar-refractivity contribution is 7.09. The van der Waals surface area contributed by atoms with Crippen LogP contribution in [0.2, 0.25) is 0 Å². The van der Waals surface area contributed by atoms with Gasteiger partial charge in [0.2, 0.25) is 0 Å². The molecule has 0 unspecified atom stereocenters. The SMILES string of the molecule is O=C(NCc1cccs1)c1ccc(N2CCOC2=O)cc1. The number of nitrogens with one attached hydrogen (secondary N) is 1. The molecule has 3 rings (SSSR count). The molecule has 1 saturated heterocycles. The molecular weight excluding hydrogens is 288 g/mol.